The maximum absolute atomic E-state index is 13.1. The molecule has 1 aromatic carbocycles. The second kappa shape index (κ2) is 9.53. The first-order valence-electron chi connectivity index (χ1n) is 10.3. The molecule has 4 aromatic rings. The molecule has 160 valence electrons. The molecule has 8 heteroatoms. The van der Waals surface area contributed by atoms with Crippen LogP contribution >= 0.6 is 0 Å². The molecule has 0 saturated heterocycles. The van der Waals surface area contributed by atoms with Crippen LogP contribution in [0.1, 0.15) is 17.7 Å². The van der Waals surface area contributed by atoms with Crippen molar-refractivity contribution in [2.45, 2.75) is 26.1 Å². The van der Waals surface area contributed by atoms with E-state index in [-0.39, 0.29) is 5.43 Å². The number of nitrogens with zero attached hydrogens (tertiary/aromatic N) is 6. The fourth-order valence-corrected chi connectivity index (χ4v) is 3.73. The summed E-state index contributed by atoms with van der Waals surface area (Å²) in [5.74, 6) is 0.579. The lowest BCUT2D eigenvalue weighted by Crippen LogP contribution is -2.30. The molecule has 0 fully saturated rings. The first-order valence-corrected chi connectivity index (χ1v) is 10.3. The monoisotopic (exact) mass is 418 g/mol. The number of benzene rings is 1. The lowest BCUT2D eigenvalue weighted by molar-refractivity contribution is 0.243. The van der Waals surface area contributed by atoms with E-state index in [1.54, 1.807) is 24.2 Å². The van der Waals surface area contributed by atoms with Crippen molar-refractivity contribution in [1.82, 2.24) is 29.2 Å². The number of hydrogen-bond acceptors (Lipinski definition) is 6. The van der Waals surface area contributed by atoms with Gasteiger partial charge in [-0.25, -0.2) is 9.97 Å². The summed E-state index contributed by atoms with van der Waals surface area (Å²) < 4.78 is 9.10. The molecular formula is C23H26N6O2. The van der Waals surface area contributed by atoms with E-state index in [1.165, 1.54) is 0 Å². The highest BCUT2D eigenvalue weighted by molar-refractivity contribution is 5.78. The highest BCUT2D eigenvalue weighted by Crippen LogP contribution is 2.14. The third kappa shape index (κ3) is 4.97. The van der Waals surface area contributed by atoms with Gasteiger partial charge in [0, 0.05) is 63.3 Å². The Kier molecular flexibility index (Phi) is 6.37. The molecule has 31 heavy (non-hydrogen) atoms. The zero-order chi connectivity index (χ0) is 21.6. The fraction of sp³-hybridized carbons (Fsp3) is 0.304. The lowest BCUT2D eigenvalue weighted by atomic mass is 10.2. The smallest absolute Gasteiger partial charge is 0.213 e. The van der Waals surface area contributed by atoms with Crippen LogP contribution in [0.3, 0.4) is 0 Å². The number of para-hydroxylation sites is 1. The Hall–Kier alpha value is -3.52. The molecule has 0 spiro atoms. The van der Waals surface area contributed by atoms with Gasteiger partial charge in [-0.05, 0) is 30.2 Å². The molecule has 0 aliphatic carbocycles. The van der Waals surface area contributed by atoms with Gasteiger partial charge in [0.2, 0.25) is 11.3 Å². The number of pyridine rings is 1. The van der Waals surface area contributed by atoms with Gasteiger partial charge in [0.1, 0.15) is 5.69 Å². The minimum absolute atomic E-state index is 0.0133. The van der Waals surface area contributed by atoms with Crippen LogP contribution in [0.2, 0.25) is 0 Å². The molecule has 0 N–H and O–H groups in total. The Labute approximate surface area is 180 Å². The summed E-state index contributed by atoms with van der Waals surface area (Å²) >= 11 is 0. The zero-order valence-corrected chi connectivity index (χ0v) is 17.8. The van der Waals surface area contributed by atoms with E-state index in [2.05, 4.69) is 24.5 Å². The van der Waals surface area contributed by atoms with Crippen LogP contribution in [0.5, 0.6) is 5.88 Å². The number of hydrogen-bond donors (Lipinski definition) is 0. The van der Waals surface area contributed by atoms with Gasteiger partial charge >= 0.3 is 0 Å². The summed E-state index contributed by atoms with van der Waals surface area (Å²) in [6.07, 6.45) is 8.22. The molecule has 3 heterocycles. The van der Waals surface area contributed by atoms with Gasteiger partial charge in [0.25, 0.3) is 0 Å². The van der Waals surface area contributed by atoms with Gasteiger partial charge in [-0.15, -0.1) is 0 Å². The molecule has 0 amide bonds. The predicted octanol–water partition coefficient (Wildman–Crippen LogP) is 2.63. The van der Waals surface area contributed by atoms with Gasteiger partial charge in [-0.2, -0.15) is 5.10 Å². The Morgan fingerprint density at radius 3 is 2.81 bits per heavy atom. The molecule has 0 bridgehead atoms. The third-order valence-electron chi connectivity index (χ3n) is 5.27. The lowest BCUT2D eigenvalue weighted by Gasteiger charge is -2.22. The van der Waals surface area contributed by atoms with E-state index >= 15 is 0 Å². The molecule has 0 unspecified atom stereocenters. The summed E-state index contributed by atoms with van der Waals surface area (Å²) in [6, 6.07) is 11.5. The van der Waals surface area contributed by atoms with E-state index in [4.69, 9.17) is 4.74 Å². The van der Waals surface area contributed by atoms with E-state index in [1.807, 2.05) is 56.0 Å². The van der Waals surface area contributed by atoms with Crippen LogP contribution in [-0.4, -0.2) is 42.9 Å². The van der Waals surface area contributed by atoms with Gasteiger partial charge in [0.15, 0.2) is 0 Å². The topological polar surface area (TPSA) is 78.1 Å². The molecule has 0 saturated carbocycles. The van der Waals surface area contributed by atoms with Gasteiger partial charge in [-0.1, -0.05) is 12.1 Å². The number of aromatic nitrogens is 5. The van der Waals surface area contributed by atoms with Crippen LogP contribution in [0.15, 0.2) is 66.1 Å². The second-order valence-electron chi connectivity index (χ2n) is 7.49. The zero-order valence-electron chi connectivity index (χ0n) is 17.8. The number of rotatable bonds is 9. The summed E-state index contributed by atoms with van der Waals surface area (Å²) in [7, 11) is 3.49. The standard InChI is InChI=1S/C23H26N6O2/c1-27-21-7-4-3-6-19(21)23(30)20(26-27)16-29(12-5-11-28-13-10-24-17-28)15-18-8-9-25-22(14-18)31-2/h3-4,6-10,13-14,17H,5,11-12,15-16H2,1-2H3. The van der Waals surface area contributed by atoms with Crippen molar-refractivity contribution in [1.29, 1.82) is 0 Å². The largest absolute Gasteiger partial charge is 0.481 e. The van der Waals surface area contributed by atoms with Gasteiger partial charge in [-0.3, -0.25) is 14.4 Å². The SMILES string of the molecule is COc1cc(CN(CCCn2ccnc2)Cc2nn(C)c3ccccc3c2=O)ccn1. The van der Waals surface area contributed by atoms with Crippen LogP contribution in [-0.2, 0) is 26.7 Å². The molecule has 0 radical (unpaired) electrons. The minimum atomic E-state index is -0.0133. The molecule has 0 atom stereocenters. The highest BCUT2D eigenvalue weighted by Gasteiger charge is 2.14. The van der Waals surface area contributed by atoms with Crippen molar-refractivity contribution < 1.29 is 4.74 Å². The first kappa shape index (κ1) is 20.7. The molecule has 0 aliphatic rings. The van der Waals surface area contributed by atoms with Crippen molar-refractivity contribution in [3.05, 3.63) is 82.8 Å². The molecule has 8 nitrogen and oxygen atoms in total. The van der Waals surface area contributed by atoms with E-state index < -0.39 is 0 Å². The third-order valence-corrected chi connectivity index (χ3v) is 5.27. The second-order valence-corrected chi connectivity index (χ2v) is 7.49. The van der Waals surface area contributed by atoms with Crippen molar-refractivity contribution in [3.63, 3.8) is 0 Å². The highest BCUT2D eigenvalue weighted by atomic mass is 16.5. The average Bonchev–Trinajstić information content (AvgIpc) is 3.31. The molecule has 4 rings (SSSR count). The van der Waals surface area contributed by atoms with E-state index in [9.17, 15) is 4.79 Å². The van der Waals surface area contributed by atoms with Crippen molar-refractivity contribution in [2.24, 2.45) is 7.05 Å². The number of methoxy groups -OCH3 is 1. The number of ether oxygens (including phenoxy) is 1. The molecular weight excluding hydrogens is 392 g/mol. The van der Waals surface area contributed by atoms with Crippen molar-refractivity contribution in [2.75, 3.05) is 13.7 Å². The van der Waals surface area contributed by atoms with Crippen LogP contribution in [0.4, 0.5) is 0 Å². The predicted molar refractivity (Wildman–Crippen MR) is 119 cm³/mol. The van der Waals surface area contributed by atoms with Crippen LogP contribution in [0, 0.1) is 0 Å². The summed E-state index contributed by atoms with van der Waals surface area (Å²) in [5, 5.41) is 5.28. The number of imidazole rings is 1. The summed E-state index contributed by atoms with van der Waals surface area (Å²) in [5.41, 5.74) is 2.44. The average molecular weight is 419 g/mol. The number of aryl methyl sites for hydroxylation is 2. The van der Waals surface area contributed by atoms with E-state index in [0.29, 0.717) is 30.0 Å². The molecule has 0 aliphatic heterocycles. The van der Waals surface area contributed by atoms with Crippen LogP contribution in [0.25, 0.3) is 10.9 Å². The minimum Gasteiger partial charge on any atom is -0.481 e. The maximum atomic E-state index is 13.1. The Morgan fingerprint density at radius 2 is 2.00 bits per heavy atom. The Balaban J connectivity index is 1.57. The van der Waals surface area contributed by atoms with E-state index in [0.717, 1.165) is 30.6 Å². The summed E-state index contributed by atoms with van der Waals surface area (Å²) in [6.45, 7) is 2.80. The molecule has 3 aromatic heterocycles. The van der Waals surface area contributed by atoms with Gasteiger partial charge in [0.05, 0.1) is 19.0 Å². The normalized spacial score (nSPS) is 11.3. The Bertz CT molecular complexity index is 1200. The fourth-order valence-electron chi connectivity index (χ4n) is 3.73. The first-order chi connectivity index (χ1) is 15.1. The van der Waals surface area contributed by atoms with Gasteiger partial charge < -0.3 is 9.30 Å². The van der Waals surface area contributed by atoms with Crippen LogP contribution < -0.4 is 10.2 Å². The van der Waals surface area contributed by atoms with Crippen molar-refractivity contribution >= 4 is 10.9 Å². The quantitative estimate of drug-likeness (QED) is 0.416. The van der Waals surface area contributed by atoms with Crippen molar-refractivity contribution in [3.8, 4) is 5.88 Å². The maximum Gasteiger partial charge on any atom is 0.213 e. The number of fused-ring (bicyclic) bond motifs is 1. The Morgan fingerprint density at radius 1 is 1.13 bits per heavy atom. The summed E-state index contributed by atoms with van der Waals surface area (Å²) in [4.78, 5) is 23.6.